The van der Waals surface area contributed by atoms with E-state index in [2.05, 4.69) is 10.6 Å². The van der Waals surface area contributed by atoms with E-state index in [-0.39, 0.29) is 42.3 Å². The van der Waals surface area contributed by atoms with Crippen LogP contribution in [0.5, 0.6) is 5.75 Å². The summed E-state index contributed by atoms with van der Waals surface area (Å²) in [4.78, 5) is 36.1. The van der Waals surface area contributed by atoms with Gasteiger partial charge >= 0.3 is 5.97 Å². The molecule has 1 unspecified atom stereocenters. The van der Waals surface area contributed by atoms with E-state index >= 15 is 0 Å². The fourth-order valence-corrected chi connectivity index (χ4v) is 4.36. The van der Waals surface area contributed by atoms with Crippen LogP contribution in [0.15, 0.2) is 12.1 Å². The Balaban J connectivity index is 1.41. The van der Waals surface area contributed by atoms with Crippen LogP contribution >= 0.6 is 0 Å². The number of esters is 1. The quantitative estimate of drug-likeness (QED) is 0.603. The minimum absolute atomic E-state index is 0.0338. The van der Waals surface area contributed by atoms with Gasteiger partial charge in [0.05, 0.1) is 12.5 Å². The van der Waals surface area contributed by atoms with Crippen molar-refractivity contribution in [2.24, 2.45) is 5.92 Å². The number of nitrogens with one attached hydrogen (secondary N) is 2. The maximum Gasteiger partial charge on any atom is 0.309 e. The third-order valence-corrected chi connectivity index (χ3v) is 6.07. The number of benzene rings is 1. The number of cyclic esters (lactones) is 1. The summed E-state index contributed by atoms with van der Waals surface area (Å²) in [5.74, 6) is -0.141. The molecule has 3 rings (SSSR count). The van der Waals surface area contributed by atoms with Crippen molar-refractivity contribution in [3.63, 3.8) is 0 Å². The summed E-state index contributed by atoms with van der Waals surface area (Å²) < 4.78 is 10.7. The highest BCUT2D eigenvalue weighted by Crippen LogP contribution is 2.35. The normalized spacial score (nSPS) is 19.6. The molecule has 2 fully saturated rings. The van der Waals surface area contributed by atoms with Gasteiger partial charge in [-0.15, -0.1) is 0 Å². The molecule has 1 saturated heterocycles. The highest BCUT2D eigenvalue weighted by molar-refractivity contribution is 5.84. The van der Waals surface area contributed by atoms with E-state index in [1.54, 1.807) is 0 Å². The Hall–Kier alpha value is -2.57. The van der Waals surface area contributed by atoms with Crippen LogP contribution in [0.4, 0.5) is 0 Å². The van der Waals surface area contributed by atoms with Crippen molar-refractivity contribution in [3.8, 4) is 5.75 Å². The Morgan fingerprint density at radius 2 is 1.87 bits per heavy atom. The number of carbonyl (C=O) groups excluding carboxylic acids is 3. The van der Waals surface area contributed by atoms with E-state index < -0.39 is 0 Å². The number of ether oxygens (including phenoxy) is 2. The molecule has 0 radical (unpaired) electrons. The van der Waals surface area contributed by atoms with Crippen LogP contribution in [0.3, 0.4) is 0 Å². The average Bonchev–Trinajstić information content (AvgIpc) is 3.03. The molecule has 7 heteroatoms. The first-order valence-electron chi connectivity index (χ1n) is 10.7. The molecule has 2 amide bonds. The van der Waals surface area contributed by atoms with Gasteiger partial charge in [-0.05, 0) is 64.0 Å². The summed E-state index contributed by atoms with van der Waals surface area (Å²) in [6.07, 6.45) is 4.28. The van der Waals surface area contributed by atoms with Crippen molar-refractivity contribution in [1.29, 1.82) is 0 Å². The molecule has 1 aliphatic heterocycles. The van der Waals surface area contributed by atoms with Gasteiger partial charge in [-0.1, -0.05) is 17.7 Å². The summed E-state index contributed by atoms with van der Waals surface area (Å²) in [6.45, 7) is 6.82. The van der Waals surface area contributed by atoms with Crippen LogP contribution in [-0.4, -0.2) is 43.1 Å². The third-order valence-electron chi connectivity index (χ3n) is 6.07. The Labute approximate surface area is 177 Å². The Morgan fingerprint density at radius 1 is 1.17 bits per heavy atom. The summed E-state index contributed by atoms with van der Waals surface area (Å²) in [7, 11) is 0. The fraction of sp³-hybridized carbons (Fsp3) is 0.609. The molecule has 1 atom stereocenters. The number of carbonyl (C=O) groups is 3. The van der Waals surface area contributed by atoms with Gasteiger partial charge in [0.1, 0.15) is 5.75 Å². The van der Waals surface area contributed by atoms with E-state index in [1.807, 2.05) is 32.9 Å². The van der Waals surface area contributed by atoms with Crippen LogP contribution < -0.4 is 15.4 Å². The maximum atomic E-state index is 12.4. The lowest BCUT2D eigenvalue weighted by Crippen LogP contribution is -2.55. The molecule has 1 heterocycles. The fourth-order valence-electron chi connectivity index (χ4n) is 4.36. The zero-order valence-corrected chi connectivity index (χ0v) is 18.1. The van der Waals surface area contributed by atoms with Gasteiger partial charge in [0.2, 0.25) is 5.91 Å². The molecule has 2 N–H and O–H groups in total. The average molecular weight is 417 g/mol. The molecule has 0 aromatic heterocycles. The second-order valence-corrected chi connectivity index (χ2v) is 8.66. The van der Waals surface area contributed by atoms with Gasteiger partial charge in [-0.25, -0.2) is 0 Å². The Bertz CT molecular complexity index is 793. The SMILES string of the molecule is Cc1cc(C)c(OCC(=O)NCCC2(NC(=O)CC3CCOC3=O)CCC2)c(C)c1. The molecular formula is C23H32N2O5. The predicted octanol–water partition coefficient (Wildman–Crippen LogP) is 2.49. The number of aryl methyl sites for hydroxylation is 3. The second kappa shape index (κ2) is 9.49. The minimum Gasteiger partial charge on any atom is -0.483 e. The van der Waals surface area contributed by atoms with Crippen LogP contribution in [0.2, 0.25) is 0 Å². The van der Waals surface area contributed by atoms with Crippen LogP contribution in [0.1, 0.15) is 55.2 Å². The first-order valence-corrected chi connectivity index (χ1v) is 10.7. The second-order valence-electron chi connectivity index (χ2n) is 8.66. The molecule has 2 aliphatic rings. The van der Waals surface area contributed by atoms with E-state index in [4.69, 9.17) is 9.47 Å². The van der Waals surface area contributed by atoms with E-state index in [0.717, 1.165) is 36.1 Å². The third kappa shape index (κ3) is 5.52. The monoisotopic (exact) mass is 416 g/mol. The zero-order chi connectivity index (χ0) is 21.7. The summed E-state index contributed by atoms with van der Waals surface area (Å²) in [5, 5.41) is 5.99. The Kier molecular flexibility index (Phi) is 7.00. The van der Waals surface area contributed by atoms with E-state index in [9.17, 15) is 14.4 Å². The topological polar surface area (TPSA) is 93.7 Å². The molecular weight excluding hydrogens is 384 g/mol. The molecule has 30 heavy (non-hydrogen) atoms. The lowest BCUT2D eigenvalue weighted by atomic mass is 9.74. The highest BCUT2D eigenvalue weighted by Gasteiger charge is 2.39. The molecule has 1 saturated carbocycles. The van der Waals surface area contributed by atoms with Crippen molar-refractivity contribution in [2.75, 3.05) is 19.8 Å². The molecule has 1 aliphatic carbocycles. The van der Waals surface area contributed by atoms with Crippen LogP contribution in [-0.2, 0) is 19.1 Å². The lowest BCUT2D eigenvalue weighted by molar-refractivity contribution is -0.143. The highest BCUT2D eigenvalue weighted by atomic mass is 16.5. The maximum absolute atomic E-state index is 12.4. The largest absolute Gasteiger partial charge is 0.483 e. The van der Waals surface area contributed by atoms with Crippen molar-refractivity contribution in [3.05, 3.63) is 28.8 Å². The van der Waals surface area contributed by atoms with Gasteiger partial charge in [0, 0.05) is 18.5 Å². The van der Waals surface area contributed by atoms with Gasteiger partial charge in [-0.2, -0.15) is 0 Å². The van der Waals surface area contributed by atoms with Crippen molar-refractivity contribution in [1.82, 2.24) is 10.6 Å². The number of amides is 2. The molecule has 7 nitrogen and oxygen atoms in total. The molecule has 1 aromatic rings. The van der Waals surface area contributed by atoms with Crippen molar-refractivity contribution in [2.45, 2.75) is 64.8 Å². The number of rotatable bonds is 9. The summed E-state index contributed by atoms with van der Waals surface area (Å²) >= 11 is 0. The van der Waals surface area contributed by atoms with Gasteiger partial charge < -0.3 is 20.1 Å². The first kappa shape index (κ1) is 22.1. The number of hydrogen-bond donors (Lipinski definition) is 2. The van der Waals surface area contributed by atoms with Gasteiger partial charge in [0.25, 0.3) is 5.91 Å². The van der Waals surface area contributed by atoms with Crippen LogP contribution in [0.25, 0.3) is 0 Å². The molecule has 0 bridgehead atoms. The van der Waals surface area contributed by atoms with Crippen molar-refractivity contribution >= 4 is 17.8 Å². The van der Waals surface area contributed by atoms with Crippen molar-refractivity contribution < 1.29 is 23.9 Å². The van der Waals surface area contributed by atoms with E-state index in [0.29, 0.717) is 26.0 Å². The van der Waals surface area contributed by atoms with E-state index in [1.165, 1.54) is 5.56 Å². The zero-order valence-electron chi connectivity index (χ0n) is 18.1. The summed E-state index contributed by atoms with van der Waals surface area (Å²) in [6, 6.07) is 4.07. The minimum atomic E-state index is -0.326. The van der Waals surface area contributed by atoms with Crippen LogP contribution in [0, 0.1) is 26.7 Å². The number of hydrogen-bond acceptors (Lipinski definition) is 5. The lowest BCUT2D eigenvalue weighted by Gasteiger charge is -2.43. The molecule has 164 valence electrons. The predicted molar refractivity (Wildman–Crippen MR) is 112 cm³/mol. The summed E-state index contributed by atoms with van der Waals surface area (Å²) in [5.41, 5.74) is 2.92. The van der Waals surface area contributed by atoms with Gasteiger partial charge in [-0.3, -0.25) is 14.4 Å². The standard InChI is InChI=1S/C23H32N2O5/c1-15-11-16(2)21(17(3)12-15)30-14-20(27)24-9-8-23(6-4-7-23)25-19(26)13-18-5-10-29-22(18)28/h11-12,18H,4-10,13-14H2,1-3H3,(H,24,27)(H,25,26). The molecule has 0 spiro atoms. The van der Waals surface area contributed by atoms with Gasteiger partial charge in [0.15, 0.2) is 6.61 Å². The molecule has 1 aromatic carbocycles. The first-order chi connectivity index (χ1) is 14.3. The smallest absolute Gasteiger partial charge is 0.309 e. The Morgan fingerprint density at radius 3 is 2.43 bits per heavy atom.